The first-order valence-electron chi connectivity index (χ1n) is 4.74. The van der Waals surface area contributed by atoms with E-state index in [1.807, 2.05) is 0 Å². The zero-order valence-corrected chi connectivity index (χ0v) is 9.29. The number of nitrogens with one attached hydrogen (secondary N) is 1. The second-order valence-electron chi connectivity index (χ2n) is 3.40. The Morgan fingerprint density at radius 2 is 2.07 bits per heavy atom. The number of hydrogen-bond acceptors (Lipinski definition) is 2. The molecule has 0 aliphatic rings. The Balaban J connectivity index is 2.61. The molecule has 0 heterocycles. The lowest BCUT2D eigenvalue weighted by molar-refractivity contribution is -0.118. The number of halogens is 1. The highest BCUT2D eigenvalue weighted by molar-refractivity contribution is 6.19. The molecule has 0 fully saturated rings. The van der Waals surface area contributed by atoms with E-state index < -0.39 is 0 Å². The van der Waals surface area contributed by atoms with Crippen LogP contribution in [0.2, 0.25) is 0 Å². The van der Waals surface area contributed by atoms with Crippen LogP contribution in [-0.4, -0.2) is 16.9 Å². The predicted octanol–water partition coefficient (Wildman–Crippen LogP) is 1.99. The number of aliphatic hydroxyl groups is 1. The molecular formula is C11H14ClNO2. The van der Waals surface area contributed by atoms with E-state index in [1.54, 1.807) is 31.2 Å². The molecule has 1 atom stereocenters. The average Bonchev–Trinajstić information content (AvgIpc) is 2.29. The molecule has 82 valence electrons. The number of anilines is 1. The van der Waals surface area contributed by atoms with Crippen molar-refractivity contribution >= 4 is 23.2 Å². The van der Waals surface area contributed by atoms with Crippen LogP contribution < -0.4 is 5.32 Å². The van der Waals surface area contributed by atoms with Crippen molar-refractivity contribution in [2.45, 2.75) is 13.5 Å². The molecule has 0 aliphatic heterocycles. The summed E-state index contributed by atoms with van der Waals surface area (Å²) in [6, 6.07) is 7.04. The van der Waals surface area contributed by atoms with Gasteiger partial charge < -0.3 is 10.4 Å². The Morgan fingerprint density at radius 1 is 1.47 bits per heavy atom. The van der Waals surface area contributed by atoms with Gasteiger partial charge in [-0.3, -0.25) is 4.79 Å². The molecule has 0 aliphatic carbocycles. The van der Waals surface area contributed by atoms with Crippen LogP contribution in [0.5, 0.6) is 0 Å². The van der Waals surface area contributed by atoms with Gasteiger partial charge in [-0.1, -0.05) is 19.1 Å². The van der Waals surface area contributed by atoms with E-state index in [9.17, 15) is 4.79 Å². The molecule has 1 unspecified atom stereocenters. The van der Waals surface area contributed by atoms with Crippen molar-refractivity contribution in [1.29, 1.82) is 0 Å². The molecule has 15 heavy (non-hydrogen) atoms. The zero-order valence-electron chi connectivity index (χ0n) is 8.53. The first-order valence-corrected chi connectivity index (χ1v) is 5.27. The van der Waals surface area contributed by atoms with Gasteiger partial charge in [0.2, 0.25) is 5.91 Å². The van der Waals surface area contributed by atoms with Gasteiger partial charge in [-0.2, -0.15) is 0 Å². The van der Waals surface area contributed by atoms with Crippen LogP contribution >= 0.6 is 11.6 Å². The Kier molecular flexibility index (Phi) is 4.59. The van der Waals surface area contributed by atoms with E-state index in [1.165, 1.54) is 0 Å². The van der Waals surface area contributed by atoms with Gasteiger partial charge >= 0.3 is 0 Å². The fraction of sp³-hybridized carbons (Fsp3) is 0.364. The number of carbonyl (C=O) groups is 1. The quantitative estimate of drug-likeness (QED) is 0.773. The topological polar surface area (TPSA) is 49.3 Å². The molecule has 0 spiro atoms. The van der Waals surface area contributed by atoms with Gasteiger partial charge in [0.05, 0.1) is 6.61 Å². The monoisotopic (exact) mass is 227 g/mol. The van der Waals surface area contributed by atoms with Crippen LogP contribution in [0.4, 0.5) is 5.69 Å². The van der Waals surface area contributed by atoms with Crippen LogP contribution in [0.25, 0.3) is 0 Å². The maximum atomic E-state index is 11.5. The molecule has 1 aromatic carbocycles. The second-order valence-corrected chi connectivity index (χ2v) is 3.71. The van der Waals surface area contributed by atoms with Crippen LogP contribution in [0.15, 0.2) is 24.3 Å². The van der Waals surface area contributed by atoms with Gasteiger partial charge in [-0.05, 0) is 17.7 Å². The van der Waals surface area contributed by atoms with Crippen molar-refractivity contribution < 1.29 is 9.90 Å². The van der Waals surface area contributed by atoms with Gasteiger partial charge in [0, 0.05) is 17.5 Å². The summed E-state index contributed by atoms with van der Waals surface area (Å²) >= 11 is 5.57. The molecule has 1 aromatic rings. The van der Waals surface area contributed by atoms with Gasteiger partial charge in [-0.15, -0.1) is 11.6 Å². The highest BCUT2D eigenvalue weighted by Crippen LogP contribution is 2.11. The standard InChI is InChI=1S/C11H14ClNO2/c1-8(6-12)11(15)13-10-4-2-9(7-14)3-5-10/h2-5,8,14H,6-7H2,1H3,(H,13,15). The van der Waals surface area contributed by atoms with Crippen molar-refractivity contribution in [1.82, 2.24) is 0 Å². The van der Waals surface area contributed by atoms with Crippen LogP contribution in [0, 0.1) is 5.92 Å². The Bertz CT molecular complexity index is 324. The van der Waals surface area contributed by atoms with Crippen molar-refractivity contribution in [3.05, 3.63) is 29.8 Å². The fourth-order valence-corrected chi connectivity index (χ4v) is 1.17. The number of alkyl halides is 1. The molecule has 0 saturated carbocycles. The minimum atomic E-state index is -0.204. The molecular weight excluding hydrogens is 214 g/mol. The maximum Gasteiger partial charge on any atom is 0.228 e. The molecule has 0 aromatic heterocycles. The Morgan fingerprint density at radius 3 is 2.53 bits per heavy atom. The number of benzene rings is 1. The summed E-state index contributed by atoms with van der Waals surface area (Å²) in [4.78, 5) is 11.5. The van der Waals surface area contributed by atoms with E-state index >= 15 is 0 Å². The molecule has 0 bridgehead atoms. The van der Waals surface area contributed by atoms with Crippen molar-refractivity contribution in [3.8, 4) is 0 Å². The predicted molar refractivity (Wildman–Crippen MR) is 60.9 cm³/mol. The molecule has 0 saturated heterocycles. The third-order valence-electron chi connectivity index (χ3n) is 2.08. The van der Waals surface area contributed by atoms with Gasteiger partial charge in [0.1, 0.15) is 0 Å². The number of aliphatic hydroxyl groups excluding tert-OH is 1. The van der Waals surface area contributed by atoms with Crippen LogP contribution in [0.1, 0.15) is 12.5 Å². The first-order chi connectivity index (χ1) is 7.17. The molecule has 1 rings (SSSR count). The lowest BCUT2D eigenvalue weighted by Crippen LogP contribution is -2.21. The fourth-order valence-electron chi connectivity index (χ4n) is 1.03. The number of rotatable bonds is 4. The minimum Gasteiger partial charge on any atom is -0.392 e. The van der Waals surface area contributed by atoms with Crippen molar-refractivity contribution in [2.75, 3.05) is 11.2 Å². The largest absolute Gasteiger partial charge is 0.392 e. The highest BCUT2D eigenvalue weighted by Gasteiger charge is 2.10. The van der Waals surface area contributed by atoms with E-state index in [0.717, 1.165) is 5.56 Å². The molecule has 3 nitrogen and oxygen atoms in total. The second kappa shape index (κ2) is 5.73. The maximum absolute atomic E-state index is 11.5. The van der Waals surface area contributed by atoms with Gasteiger partial charge in [0.15, 0.2) is 0 Å². The van der Waals surface area contributed by atoms with Crippen LogP contribution in [-0.2, 0) is 11.4 Å². The number of hydrogen-bond donors (Lipinski definition) is 2. The minimum absolute atomic E-state index is 0.00626. The third kappa shape index (κ3) is 3.53. The van der Waals surface area contributed by atoms with E-state index in [4.69, 9.17) is 16.7 Å². The average molecular weight is 228 g/mol. The molecule has 2 N–H and O–H groups in total. The van der Waals surface area contributed by atoms with Gasteiger partial charge in [-0.25, -0.2) is 0 Å². The van der Waals surface area contributed by atoms with Crippen molar-refractivity contribution in [3.63, 3.8) is 0 Å². The lowest BCUT2D eigenvalue weighted by Gasteiger charge is -2.09. The van der Waals surface area contributed by atoms with Gasteiger partial charge in [0.25, 0.3) is 0 Å². The third-order valence-corrected chi connectivity index (χ3v) is 2.55. The molecule has 1 amide bonds. The van der Waals surface area contributed by atoms with Crippen LogP contribution in [0.3, 0.4) is 0 Å². The normalized spacial score (nSPS) is 12.2. The number of amides is 1. The van der Waals surface area contributed by atoms with Crippen molar-refractivity contribution in [2.24, 2.45) is 5.92 Å². The summed E-state index contributed by atoms with van der Waals surface area (Å²) < 4.78 is 0. The molecule has 4 heteroatoms. The smallest absolute Gasteiger partial charge is 0.228 e. The highest BCUT2D eigenvalue weighted by atomic mass is 35.5. The summed E-state index contributed by atoms with van der Waals surface area (Å²) in [5.41, 5.74) is 1.53. The first kappa shape index (κ1) is 12.0. The summed E-state index contributed by atoms with van der Waals surface area (Å²) in [6.07, 6.45) is 0. The van der Waals surface area contributed by atoms with E-state index in [0.29, 0.717) is 11.6 Å². The van der Waals surface area contributed by atoms with E-state index in [-0.39, 0.29) is 18.4 Å². The summed E-state index contributed by atoms with van der Waals surface area (Å²) in [6.45, 7) is 1.77. The summed E-state index contributed by atoms with van der Waals surface area (Å²) in [5, 5.41) is 11.6. The van der Waals surface area contributed by atoms with E-state index in [2.05, 4.69) is 5.32 Å². The zero-order chi connectivity index (χ0) is 11.3. The Labute approximate surface area is 94.1 Å². The lowest BCUT2D eigenvalue weighted by atomic mass is 10.2. The Hall–Kier alpha value is -1.06. The number of carbonyl (C=O) groups excluding carboxylic acids is 1. The SMILES string of the molecule is CC(CCl)C(=O)Nc1ccc(CO)cc1. The molecule has 0 radical (unpaired) electrons. The summed E-state index contributed by atoms with van der Waals surface area (Å²) in [7, 11) is 0. The summed E-state index contributed by atoms with van der Waals surface area (Å²) in [5.74, 6) is 0.00605.